The Balaban J connectivity index is 2.52. The predicted octanol–water partition coefficient (Wildman–Crippen LogP) is 3.98. The summed E-state index contributed by atoms with van der Waals surface area (Å²) in [5.74, 6) is -0.181. The third-order valence-corrected chi connectivity index (χ3v) is 3.96. The van der Waals surface area contributed by atoms with Crippen molar-refractivity contribution < 1.29 is 4.39 Å². The van der Waals surface area contributed by atoms with E-state index in [1.54, 1.807) is 13.1 Å². The van der Waals surface area contributed by atoms with Gasteiger partial charge < -0.3 is 5.32 Å². The molecule has 0 aliphatic rings. The molecule has 5 heteroatoms. The summed E-state index contributed by atoms with van der Waals surface area (Å²) in [4.78, 5) is 0. The number of benzene rings is 1. The lowest BCUT2D eigenvalue weighted by molar-refractivity contribution is 0.482. The highest BCUT2D eigenvalue weighted by Crippen LogP contribution is 2.30. The van der Waals surface area contributed by atoms with Crippen molar-refractivity contribution in [3.05, 3.63) is 51.5 Å². The van der Waals surface area contributed by atoms with Gasteiger partial charge in [0.25, 0.3) is 0 Å². The molecule has 1 aromatic carbocycles. The maximum atomic E-state index is 13.4. The van der Waals surface area contributed by atoms with Gasteiger partial charge in [-0.2, -0.15) is 5.10 Å². The van der Waals surface area contributed by atoms with E-state index in [9.17, 15) is 4.39 Å². The van der Waals surface area contributed by atoms with E-state index in [4.69, 9.17) is 0 Å². The Hall–Kier alpha value is -1.20. The van der Waals surface area contributed by atoms with Crippen LogP contribution in [-0.2, 0) is 0 Å². The predicted molar refractivity (Wildman–Crippen MR) is 82.4 cm³/mol. The Morgan fingerprint density at radius 3 is 2.60 bits per heavy atom. The van der Waals surface area contributed by atoms with Crippen molar-refractivity contribution in [1.82, 2.24) is 15.1 Å². The Morgan fingerprint density at radius 2 is 2.05 bits per heavy atom. The molecular formula is C15H19BrFN3. The second-order valence-corrected chi connectivity index (χ2v) is 6.00. The molecule has 1 atom stereocenters. The third-order valence-electron chi connectivity index (χ3n) is 3.35. The lowest BCUT2D eigenvalue weighted by Crippen LogP contribution is -2.23. The number of hydrogen-bond donors (Lipinski definition) is 1. The van der Waals surface area contributed by atoms with Gasteiger partial charge in [-0.25, -0.2) is 4.39 Å². The molecular weight excluding hydrogens is 321 g/mol. The number of aryl methyl sites for hydroxylation is 1. The van der Waals surface area contributed by atoms with Crippen LogP contribution in [0.4, 0.5) is 4.39 Å². The molecule has 0 aliphatic heterocycles. The van der Waals surface area contributed by atoms with Gasteiger partial charge in [0.2, 0.25) is 0 Å². The molecule has 3 nitrogen and oxygen atoms in total. The van der Waals surface area contributed by atoms with Crippen molar-refractivity contribution in [2.75, 3.05) is 7.05 Å². The Labute approximate surface area is 127 Å². The van der Waals surface area contributed by atoms with E-state index in [0.717, 1.165) is 15.7 Å². The highest BCUT2D eigenvalue weighted by atomic mass is 79.9. The topological polar surface area (TPSA) is 29.9 Å². The molecule has 0 saturated carbocycles. The zero-order valence-corrected chi connectivity index (χ0v) is 13.7. The summed E-state index contributed by atoms with van der Waals surface area (Å²) in [7, 11) is 1.90. The Bertz CT molecular complexity index is 607. The van der Waals surface area contributed by atoms with Gasteiger partial charge in [0, 0.05) is 6.04 Å². The average molecular weight is 340 g/mol. The smallest absolute Gasteiger partial charge is 0.126 e. The number of aromatic nitrogens is 2. The first-order valence-electron chi connectivity index (χ1n) is 6.62. The summed E-state index contributed by atoms with van der Waals surface area (Å²) in [5.41, 5.74) is 2.72. The first-order valence-corrected chi connectivity index (χ1v) is 7.41. The Kier molecular flexibility index (Phi) is 4.60. The van der Waals surface area contributed by atoms with Gasteiger partial charge in [-0.1, -0.05) is 12.1 Å². The third kappa shape index (κ3) is 2.79. The van der Waals surface area contributed by atoms with Crippen molar-refractivity contribution in [3.8, 4) is 0 Å². The summed E-state index contributed by atoms with van der Waals surface area (Å²) >= 11 is 3.56. The van der Waals surface area contributed by atoms with Crippen molar-refractivity contribution in [1.29, 1.82) is 0 Å². The molecule has 0 aliphatic carbocycles. The molecule has 1 N–H and O–H groups in total. The van der Waals surface area contributed by atoms with E-state index < -0.39 is 0 Å². The van der Waals surface area contributed by atoms with Crippen LogP contribution >= 0.6 is 15.9 Å². The molecule has 0 spiro atoms. The fourth-order valence-electron chi connectivity index (χ4n) is 2.34. The molecule has 20 heavy (non-hydrogen) atoms. The van der Waals surface area contributed by atoms with Crippen LogP contribution in [0.1, 0.15) is 42.8 Å². The zero-order chi connectivity index (χ0) is 14.9. The van der Waals surface area contributed by atoms with Crippen molar-refractivity contribution in [2.45, 2.75) is 32.9 Å². The number of hydrogen-bond acceptors (Lipinski definition) is 2. The minimum absolute atomic E-state index is 0.0337. The maximum Gasteiger partial charge on any atom is 0.126 e. The van der Waals surface area contributed by atoms with Crippen LogP contribution in [0.3, 0.4) is 0 Å². The second kappa shape index (κ2) is 6.06. The molecule has 0 amide bonds. The summed E-state index contributed by atoms with van der Waals surface area (Å²) in [5, 5.41) is 7.70. The van der Waals surface area contributed by atoms with Gasteiger partial charge in [-0.15, -0.1) is 0 Å². The van der Waals surface area contributed by atoms with E-state index in [-0.39, 0.29) is 17.9 Å². The van der Waals surface area contributed by atoms with Crippen LogP contribution in [-0.4, -0.2) is 16.8 Å². The summed E-state index contributed by atoms with van der Waals surface area (Å²) in [6, 6.07) is 5.43. The molecule has 1 heterocycles. The first-order chi connectivity index (χ1) is 9.45. The van der Waals surface area contributed by atoms with Gasteiger partial charge in [-0.3, -0.25) is 4.68 Å². The molecule has 108 valence electrons. The molecule has 0 radical (unpaired) electrons. The molecule has 1 unspecified atom stereocenters. The zero-order valence-electron chi connectivity index (χ0n) is 12.1. The van der Waals surface area contributed by atoms with Crippen molar-refractivity contribution in [2.24, 2.45) is 0 Å². The van der Waals surface area contributed by atoms with E-state index >= 15 is 0 Å². The van der Waals surface area contributed by atoms with Crippen LogP contribution in [0.2, 0.25) is 0 Å². The van der Waals surface area contributed by atoms with Gasteiger partial charge in [0.1, 0.15) is 5.82 Å². The Morgan fingerprint density at radius 1 is 1.35 bits per heavy atom. The van der Waals surface area contributed by atoms with Gasteiger partial charge >= 0.3 is 0 Å². The van der Waals surface area contributed by atoms with E-state index in [1.807, 2.05) is 23.9 Å². The molecule has 1 aromatic heterocycles. The summed E-state index contributed by atoms with van der Waals surface area (Å²) in [6.45, 7) is 5.96. The highest BCUT2D eigenvalue weighted by Gasteiger charge is 2.22. The first kappa shape index (κ1) is 15.2. The van der Waals surface area contributed by atoms with Crippen LogP contribution in [0.25, 0.3) is 0 Å². The molecule has 0 fully saturated rings. The number of halogens is 2. The quantitative estimate of drug-likeness (QED) is 0.912. The SMILES string of the molecule is CNC(c1ccc(F)c(C)c1)c1c(Br)cnn1C(C)C. The number of nitrogens with zero attached hydrogens (tertiary/aromatic N) is 2. The van der Waals surface area contributed by atoms with E-state index in [0.29, 0.717) is 5.56 Å². The summed E-state index contributed by atoms with van der Waals surface area (Å²) in [6.07, 6.45) is 1.80. The number of nitrogens with one attached hydrogen (secondary N) is 1. The van der Waals surface area contributed by atoms with E-state index in [1.165, 1.54) is 6.07 Å². The molecule has 0 bridgehead atoms. The maximum absolute atomic E-state index is 13.4. The molecule has 0 saturated heterocycles. The minimum Gasteiger partial charge on any atom is -0.308 e. The van der Waals surface area contributed by atoms with Gasteiger partial charge in [0.05, 0.1) is 22.4 Å². The standard InChI is InChI=1S/C15H19BrFN3/c1-9(2)20-15(12(16)8-19-20)14(18-4)11-5-6-13(17)10(3)7-11/h5-9,14,18H,1-4H3. The fourth-order valence-corrected chi connectivity index (χ4v) is 2.84. The lowest BCUT2D eigenvalue weighted by Gasteiger charge is -2.21. The minimum atomic E-state index is -0.181. The second-order valence-electron chi connectivity index (χ2n) is 5.15. The van der Waals surface area contributed by atoms with Gasteiger partial charge in [-0.05, 0) is 60.9 Å². The van der Waals surface area contributed by atoms with Crippen molar-refractivity contribution in [3.63, 3.8) is 0 Å². The molecule has 2 rings (SSSR count). The van der Waals surface area contributed by atoms with E-state index in [2.05, 4.69) is 40.2 Å². The normalized spacial score (nSPS) is 12.9. The lowest BCUT2D eigenvalue weighted by atomic mass is 10.0. The fraction of sp³-hybridized carbons (Fsp3) is 0.400. The van der Waals surface area contributed by atoms with Crippen molar-refractivity contribution >= 4 is 15.9 Å². The average Bonchev–Trinajstić information content (AvgIpc) is 2.77. The largest absolute Gasteiger partial charge is 0.308 e. The van der Waals surface area contributed by atoms with Crippen LogP contribution < -0.4 is 5.32 Å². The van der Waals surface area contributed by atoms with Crippen LogP contribution in [0, 0.1) is 12.7 Å². The monoisotopic (exact) mass is 339 g/mol. The number of rotatable bonds is 4. The summed E-state index contributed by atoms with van der Waals surface area (Å²) < 4.78 is 16.4. The van der Waals surface area contributed by atoms with Crippen LogP contribution in [0.15, 0.2) is 28.9 Å². The molecule has 2 aromatic rings. The highest BCUT2D eigenvalue weighted by molar-refractivity contribution is 9.10. The van der Waals surface area contributed by atoms with Crippen LogP contribution in [0.5, 0.6) is 0 Å². The van der Waals surface area contributed by atoms with Gasteiger partial charge in [0.15, 0.2) is 0 Å².